The van der Waals surface area contributed by atoms with Crippen molar-refractivity contribution in [2.75, 3.05) is 0 Å². The van der Waals surface area contributed by atoms with E-state index in [2.05, 4.69) is 0 Å². The molecule has 0 atom stereocenters. The van der Waals surface area contributed by atoms with Crippen LogP contribution in [0.4, 0.5) is 11.6 Å². The van der Waals surface area contributed by atoms with E-state index in [0.29, 0.717) is 130 Å². The second-order valence-corrected chi connectivity index (χ2v) is 18.7. The van der Waals surface area contributed by atoms with Crippen LogP contribution in [0.2, 0.25) is 40.2 Å². The topological polar surface area (TPSA) is 84.0 Å². The van der Waals surface area contributed by atoms with Gasteiger partial charge in [-0.2, -0.15) is 0 Å². The molecule has 6 bridgehead atoms. The van der Waals surface area contributed by atoms with Gasteiger partial charge in [-0.15, -0.1) is 0 Å². The summed E-state index contributed by atoms with van der Waals surface area (Å²) < 4.78 is 4.07. The predicted octanol–water partition coefficient (Wildman–Crippen LogP) is 9.70. The summed E-state index contributed by atoms with van der Waals surface area (Å²) in [5.74, 6) is 2.14. The van der Waals surface area contributed by atoms with Crippen molar-refractivity contribution in [1.82, 2.24) is 4.75 Å². The van der Waals surface area contributed by atoms with Crippen molar-refractivity contribution in [3.05, 3.63) is 122 Å². The molecule has 0 spiro atoms. The summed E-state index contributed by atoms with van der Waals surface area (Å²) in [4.78, 5) is 30.4. The fourth-order valence-electron chi connectivity index (χ4n) is 6.47. The van der Waals surface area contributed by atoms with Crippen molar-refractivity contribution >= 4 is 174 Å². The van der Waals surface area contributed by atoms with Crippen LogP contribution in [0.25, 0.3) is 21.5 Å². The van der Waals surface area contributed by atoms with Gasteiger partial charge in [-0.3, -0.25) is 0 Å². The molecule has 0 saturated heterocycles. The maximum atomic E-state index is 7.00. The fraction of sp³-hybridized carbons (Fsp3) is 0. The van der Waals surface area contributed by atoms with Gasteiger partial charge in [0.15, 0.2) is 0 Å². The number of benzene rings is 4. The molecule has 2 radical (unpaired) electrons. The van der Waals surface area contributed by atoms with Crippen molar-refractivity contribution in [2.24, 2.45) is 30.0 Å². The Morgan fingerprint density at radius 1 is 0.347 bits per heavy atom. The molecule has 17 heteroatoms. The molecule has 6 aromatic rings. The van der Waals surface area contributed by atoms with E-state index in [0.717, 1.165) is 0 Å². The van der Waals surface area contributed by atoms with E-state index in [-0.39, 0.29) is 0 Å². The third-order valence-corrected chi connectivity index (χ3v) is 15.9. The fourth-order valence-corrected chi connectivity index (χ4v) is 13.2. The zero-order valence-corrected chi connectivity index (χ0v) is 33.7. The first-order valence-electron chi connectivity index (χ1n) is 14.2. The van der Waals surface area contributed by atoms with Gasteiger partial charge < -0.3 is 0 Å². The van der Waals surface area contributed by atoms with Crippen molar-refractivity contribution < 1.29 is 0 Å². The molecular formula is C32H8Cl8N8Pb. The first-order chi connectivity index (χ1) is 23.6. The summed E-state index contributed by atoms with van der Waals surface area (Å²) in [6.07, 6.45) is 0. The minimum atomic E-state index is -2.56. The summed E-state index contributed by atoms with van der Waals surface area (Å²) in [6, 6.07) is 13.7. The van der Waals surface area contributed by atoms with Gasteiger partial charge in [-0.25, -0.2) is 0 Å². The summed E-state index contributed by atoms with van der Waals surface area (Å²) in [5.41, 5.74) is 3.04. The third-order valence-electron chi connectivity index (χ3n) is 8.52. The molecule has 0 fully saturated rings. The monoisotopic (exact) mass is 992 g/mol. The van der Waals surface area contributed by atoms with Crippen molar-refractivity contribution in [2.45, 2.75) is 0 Å². The number of fused-ring (bicyclic) bond motifs is 14. The quantitative estimate of drug-likeness (QED) is 0.136. The van der Waals surface area contributed by atoms with Gasteiger partial charge in [0, 0.05) is 0 Å². The van der Waals surface area contributed by atoms with Crippen LogP contribution in [0.1, 0.15) is 22.3 Å². The van der Waals surface area contributed by atoms with Gasteiger partial charge >= 0.3 is 331 Å². The Morgan fingerprint density at radius 3 is 1.02 bits per heavy atom. The molecule has 4 aromatic carbocycles. The van der Waals surface area contributed by atoms with E-state index < -0.39 is 24.8 Å². The number of hydrogen-bond acceptors (Lipinski definition) is 6. The number of nitrogens with zero attached hydrogens (tertiary/aromatic N) is 8. The number of amidine groups is 4. The van der Waals surface area contributed by atoms with Gasteiger partial charge in [0.05, 0.1) is 0 Å². The SMILES string of the molecule is Clc1ccc(Cl)c2c1C1=NC2=Nc2c3c(Cl)ccc(Cl)c3c3[n]2[Pb][n]2c(c4c(Cl)ccc(Cl)c4c2=NC2=NC(=N3)c3c(Cl)ccc(Cl)c32)=N1. The first-order valence-corrected chi connectivity index (χ1v) is 20.7. The Kier molecular flexibility index (Phi) is 7.01. The Labute approximate surface area is 327 Å². The van der Waals surface area contributed by atoms with E-state index in [4.69, 9.17) is 123 Å². The first kappa shape index (κ1) is 31.2. The van der Waals surface area contributed by atoms with Crippen molar-refractivity contribution in [1.29, 1.82) is 0 Å². The van der Waals surface area contributed by atoms with E-state index >= 15 is 0 Å². The van der Waals surface area contributed by atoms with Crippen LogP contribution in [-0.2, 0) is 0 Å². The summed E-state index contributed by atoms with van der Waals surface area (Å²) >= 11 is 52.8. The molecule has 0 unspecified atom stereocenters. The Hall–Kier alpha value is -2.52. The Morgan fingerprint density at radius 2 is 0.653 bits per heavy atom. The summed E-state index contributed by atoms with van der Waals surface area (Å²) in [7, 11) is 0. The van der Waals surface area contributed by atoms with E-state index in [1.165, 1.54) is 0 Å². The second-order valence-electron chi connectivity index (χ2n) is 11.1. The second kappa shape index (κ2) is 11.0. The molecule has 0 saturated carbocycles. The molecule has 8 nitrogen and oxygen atoms in total. The van der Waals surface area contributed by atoms with Crippen LogP contribution in [0.5, 0.6) is 0 Å². The van der Waals surface area contributed by atoms with Crippen LogP contribution in [0, 0.1) is 0 Å². The Bertz CT molecular complexity index is 2710. The van der Waals surface area contributed by atoms with Crippen molar-refractivity contribution in [3.8, 4) is 0 Å². The van der Waals surface area contributed by atoms with Crippen LogP contribution in [0.15, 0.2) is 78.5 Å². The van der Waals surface area contributed by atoms with Gasteiger partial charge in [0.1, 0.15) is 0 Å². The normalized spacial score (nSPS) is 15.3. The molecule has 10 rings (SSSR count). The number of hydrogen-bond donors (Lipinski definition) is 0. The number of aliphatic imine (C=N–C) groups is 4. The molecule has 6 heterocycles. The predicted molar refractivity (Wildman–Crippen MR) is 201 cm³/mol. The summed E-state index contributed by atoms with van der Waals surface area (Å²) in [6.45, 7) is 0. The van der Waals surface area contributed by atoms with Crippen LogP contribution in [-0.4, -0.2) is 52.9 Å². The van der Waals surface area contributed by atoms with E-state index in [9.17, 15) is 0 Å². The maximum absolute atomic E-state index is 7.00. The molecule has 236 valence electrons. The number of rotatable bonds is 0. The zero-order valence-electron chi connectivity index (χ0n) is 23.7. The molecule has 4 aliphatic heterocycles. The van der Waals surface area contributed by atoms with E-state index in [1.807, 2.05) is 4.75 Å². The molecule has 4 aliphatic rings. The van der Waals surface area contributed by atoms with Crippen molar-refractivity contribution in [3.63, 3.8) is 0 Å². The number of aromatic nitrogens is 2. The molecular weight excluding hydrogens is 987 g/mol. The molecule has 0 N–H and O–H groups in total. The van der Waals surface area contributed by atoms with Crippen LogP contribution in [0.3, 0.4) is 0 Å². The van der Waals surface area contributed by atoms with Gasteiger partial charge in [0.25, 0.3) is 0 Å². The molecule has 2 aromatic heterocycles. The van der Waals surface area contributed by atoms with Gasteiger partial charge in [0.2, 0.25) is 0 Å². The zero-order chi connectivity index (χ0) is 33.6. The standard InChI is InChI=1S/C32H8Cl8N8.Pb/c33-9-1-2-10(34)18-17(9)25-41-26(18)46-28-21-13(37)5-6-14(38)22(21)30(43-28)48-32-24-16(40)8-7-15(39)23(24)31(44-32)47-29-20-12(36)4-3-11(35)19(20)27(42-29)45-25;/h1-8H;/q-2;+2. The average Bonchev–Trinajstić information content (AvgIpc) is 3.79. The molecule has 0 amide bonds. The third kappa shape index (κ3) is 4.30. The van der Waals surface area contributed by atoms with Crippen LogP contribution < -0.4 is 11.0 Å². The Balaban J connectivity index is 1.52. The minimum absolute atomic E-state index is 0.299. The summed E-state index contributed by atoms with van der Waals surface area (Å²) in [5, 5.41) is 5.49. The number of halogens is 8. The van der Waals surface area contributed by atoms with E-state index in [1.54, 1.807) is 48.5 Å². The van der Waals surface area contributed by atoms with Crippen LogP contribution >= 0.6 is 92.8 Å². The molecule has 49 heavy (non-hydrogen) atoms. The average molecular weight is 995 g/mol. The van der Waals surface area contributed by atoms with Gasteiger partial charge in [-0.1, -0.05) is 0 Å². The van der Waals surface area contributed by atoms with Gasteiger partial charge in [-0.05, 0) is 0 Å². The molecule has 0 aliphatic carbocycles.